The Morgan fingerprint density at radius 3 is 1.54 bits per heavy atom. The Morgan fingerprint density at radius 1 is 0.571 bits per heavy atom. The molecule has 3 aromatic carbocycles. The summed E-state index contributed by atoms with van der Waals surface area (Å²) >= 11 is 0. The molecule has 0 amide bonds. The lowest BCUT2D eigenvalue weighted by atomic mass is 10.0. The predicted molar refractivity (Wildman–Crippen MR) is 127 cm³/mol. The monoisotopic (exact) mass is 376 g/mol. The fraction of sp³-hybridized carbons (Fsp3) is 0.462. The molecule has 0 atom stereocenters. The van der Waals surface area contributed by atoms with Crippen molar-refractivity contribution in [3.8, 4) is 0 Å². The van der Waals surface area contributed by atoms with Crippen LogP contribution in [-0.4, -0.2) is 13.1 Å². The van der Waals surface area contributed by atoms with E-state index in [1.807, 2.05) is 0 Å². The number of nitrogens with one attached hydrogen (secondary N) is 2. The van der Waals surface area contributed by atoms with Crippen LogP contribution in [0.15, 0.2) is 48.5 Å². The second-order valence-corrected chi connectivity index (χ2v) is 7.88. The van der Waals surface area contributed by atoms with E-state index in [0.717, 1.165) is 13.1 Å². The Balaban J connectivity index is 1.79. The van der Waals surface area contributed by atoms with Crippen LogP contribution in [0.1, 0.15) is 65.2 Å². The molecule has 150 valence electrons. The molecule has 0 aromatic heterocycles. The van der Waals surface area contributed by atoms with Crippen LogP contribution < -0.4 is 10.6 Å². The lowest BCUT2D eigenvalue weighted by Crippen LogP contribution is -2.03. The summed E-state index contributed by atoms with van der Waals surface area (Å²) in [6.45, 7) is 6.63. The molecule has 2 nitrogen and oxygen atoms in total. The molecule has 2 N–H and O–H groups in total. The van der Waals surface area contributed by atoms with Gasteiger partial charge < -0.3 is 10.6 Å². The molecule has 0 radical (unpaired) electrons. The van der Waals surface area contributed by atoms with Crippen LogP contribution >= 0.6 is 0 Å². The highest BCUT2D eigenvalue weighted by Gasteiger charge is 2.06. The standard InChI is InChI=1S/C26H36N2/c1-3-5-7-9-17-27-25-15-11-13-21-19-22-14-12-16-26(24(22)20-23(21)25)28-18-10-8-6-4-2/h11-16,19-20,27-28H,3-10,17-18H2,1-2H3. The SMILES string of the molecule is CCCCCCNc1cccc2cc3cccc(NCCCCCC)c3cc12. The van der Waals surface area contributed by atoms with Gasteiger partial charge in [0, 0.05) is 35.2 Å². The van der Waals surface area contributed by atoms with Crippen LogP contribution in [0, 0.1) is 0 Å². The summed E-state index contributed by atoms with van der Waals surface area (Å²) in [4.78, 5) is 0. The molecule has 0 heterocycles. The van der Waals surface area contributed by atoms with Crippen molar-refractivity contribution >= 4 is 32.9 Å². The minimum atomic E-state index is 1.05. The molecule has 3 aromatic rings. The molecule has 0 saturated heterocycles. The Labute approximate surface area is 170 Å². The minimum Gasteiger partial charge on any atom is -0.385 e. The number of rotatable bonds is 12. The van der Waals surface area contributed by atoms with Crippen LogP contribution in [0.4, 0.5) is 11.4 Å². The average Bonchev–Trinajstić information content (AvgIpc) is 2.72. The van der Waals surface area contributed by atoms with Crippen LogP contribution in [0.3, 0.4) is 0 Å². The molecule has 2 heteroatoms. The van der Waals surface area contributed by atoms with Crippen molar-refractivity contribution in [2.24, 2.45) is 0 Å². The summed E-state index contributed by atoms with van der Waals surface area (Å²) in [6, 6.07) is 17.9. The number of unbranched alkanes of at least 4 members (excludes halogenated alkanes) is 6. The zero-order valence-corrected chi connectivity index (χ0v) is 17.7. The zero-order chi connectivity index (χ0) is 19.6. The van der Waals surface area contributed by atoms with Gasteiger partial charge in [-0.2, -0.15) is 0 Å². The average molecular weight is 377 g/mol. The first kappa shape index (κ1) is 20.5. The first-order chi connectivity index (χ1) is 13.8. The molecular weight excluding hydrogens is 340 g/mol. The van der Waals surface area contributed by atoms with Gasteiger partial charge in [0.2, 0.25) is 0 Å². The maximum atomic E-state index is 3.68. The fourth-order valence-corrected chi connectivity index (χ4v) is 3.91. The van der Waals surface area contributed by atoms with E-state index in [4.69, 9.17) is 0 Å². The van der Waals surface area contributed by atoms with Crippen molar-refractivity contribution in [1.29, 1.82) is 0 Å². The van der Waals surface area contributed by atoms with Gasteiger partial charge in [-0.15, -0.1) is 0 Å². The largest absolute Gasteiger partial charge is 0.385 e. The van der Waals surface area contributed by atoms with E-state index >= 15 is 0 Å². The van der Waals surface area contributed by atoms with Crippen molar-refractivity contribution in [1.82, 2.24) is 0 Å². The molecule has 28 heavy (non-hydrogen) atoms. The van der Waals surface area contributed by atoms with E-state index < -0.39 is 0 Å². The first-order valence-electron chi connectivity index (χ1n) is 11.3. The molecule has 0 bridgehead atoms. The summed E-state index contributed by atoms with van der Waals surface area (Å²) in [5.41, 5.74) is 2.52. The third-order valence-electron chi connectivity index (χ3n) is 5.57. The van der Waals surface area contributed by atoms with Gasteiger partial charge in [0.15, 0.2) is 0 Å². The van der Waals surface area contributed by atoms with Gasteiger partial charge in [0.1, 0.15) is 0 Å². The summed E-state index contributed by atoms with van der Waals surface area (Å²) in [5, 5.41) is 12.6. The molecule has 0 aliphatic carbocycles. The second-order valence-electron chi connectivity index (χ2n) is 7.88. The van der Waals surface area contributed by atoms with E-state index in [2.05, 4.69) is 73.0 Å². The number of anilines is 2. The Bertz CT molecular complexity index is 800. The van der Waals surface area contributed by atoms with Crippen molar-refractivity contribution in [2.45, 2.75) is 65.2 Å². The summed E-state index contributed by atoms with van der Waals surface area (Å²) < 4.78 is 0. The zero-order valence-electron chi connectivity index (χ0n) is 17.7. The smallest absolute Gasteiger partial charge is 0.0420 e. The first-order valence-corrected chi connectivity index (χ1v) is 11.3. The summed E-state index contributed by atoms with van der Waals surface area (Å²) in [5.74, 6) is 0. The van der Waals surface area contributed by atoms with Crippen LogP contribution in [0.2, 0.25) is 0 Å². The van der Waals surface area contributed by atoms with Crippen LogP contribution in [0.5, 0.6) is 0 Å². The Hall–Kier alpha value is -2.22. The fourth-order valence-electron chi connectivity index (χ4n) is 3.91. The van der Waals surface area contributed by atoms with E-state index in [9.17, 15) is 0 Å². The van der Waals surface area contributed by atoms with Crippen molar-refractivity contribution in [2.75, 3.05) is 23.7 Å². The van der Waals surface area contributed by atoms with Crippen LogP contribution in [0.25, 0.3) is 21.5 Å². The van der Waals surface area contributed by atoms with Crippen molar-refractivity contribution in [3.05, 3.63) is 48.5 Å². The Kier molecular flexibility index (Phi) is 8.02. The summed E-state index contributed by atoms with van der Waals surface area (Å²) in [6.07, 6.45) is 10.3. The third kappa shape index (κ3) is 5.41. The minimum absolute atomic E-state index is 1.05. The highest BCUT2D eigenvalue weighted by Crippen LogP contribution is 2.32. The van der Waals surface area contributed by atoms with Crippen LogP contribution in [-0.2, 0) is 0 Å². The highest BCUT2D eigenvalue weighted by atomic mass is 14.9. The van der Waals surface area contributed by atoms with Gasteiger partial charge in [0.05, 0.1) is 0 Å². The maximum absolute atomic E-state index is 3.68. The number of fused-ring (bicyclic) bond motifs is 2. The van der Waals surface area contributed by atoms with Gasteiger partial charge in [-0.3, -0.25) is 0 Å². The quantitative estimate of drug-likeness (QED) is 0.247. The van der Waals surface area contributed by atoms with Gasteiger partial charge >= 0.3 is 0 Å². The highest BCUT2D eigenvalue weighted by molar-refractivity contribution is 6.07. The van der Waals surface area contributed by atoms with Crippen molar-refractivity contribution in [3.63, 3.8) is 0 Å². The van der Waals surface area contributed by atoms with E-state index in [1.54, 1.807) is 0 Å². The lowest BCUT2D eigenvalue weighted by molar-refractivity contribution is 0.685. The molecule has 0 spiro atoms. The molecule has 0 aliphatic heterocycles. The third-order valence-corrected chi connectivity index (χ3v) is 5.57. The van der Waals surface area contributed by atoms with Crippen molar-refractivity contribution < 1.29 is 0 Å². The molecule has 0 saturated carbocycles. The van der Waals surface area contributed by atoms with Gasteiger partial charge in [-0.1, -0.05) is 76.6 Å². The molecule has 0 unspecified atom stereocenters. The van der Waals surface area contributed by atoms with E-state index in [-0.39, 0.29) is 0 Å². The summed E-state index contributed by atoms with van der Waals surface area (Å²) in [7, 11) is 0. The lowest BCUT2D eigenvalue weighted by Gasteiger charge is -2.14. The van der Waals surface area contributed by atoms with Gasteiger partial charge in [-0.05, 0) is 47.9 Å². The van der Waals surface area contributed by atoms with Gasteiger partial charge in [-0.25, -0.2) is 0 Å². The number of hydrogen-bond donors (Lipinski definition) is 2. The predicted octanol–water partition coefficient (Wildman–Crippen LogP) is 7.98. The molecule has 3 rings (SSSR count). The molecule has 0 fully saturated rings. The van der Waals surface area contributed by atoms with E-state index in [1.165, 1.54) is 84.3 Å². The van der Waals surface area contributed by atoms with E-state index in [0.29, 0.717) is 0 Å². The number of hydrogen-bond acceptors (Lipinski definition) is 2. The second kappa shape index (κ2) is 10.9. The maximum Gasteiger partial charge on any atom is 0.0420 e. The molecule has 0 aliphatic rings. The van der Waals surface area contributed by atoms with Gasteiger partial charge in [0.25, 0.3) is 0 Å². The normalized spacial score (nSPS) is 11.2. The Morgan fingerprint density at radius 2 is 1.07 bits per heavy atom. The molecular formula is C26H36N2. The topological polar surface area (TPSA) is 24.1 Å². The number of benzene rings is 3.